The topological polar surface area (TPSA) is 101 Å². The highest BCUT2D eigenvalue weighted by molar-refractivity contribution is 9.10. The number of aromatic amines is 1. The zero-order valence-corrected chi connectivity index (χ0v) is 21.3. The molecule has 3 rings (SSSR count). The number of aliphatic hydroxyl groups excluding tert-OH is 1. The van der Waals surface area contributed by atoms with E-state index in [9.17, 15) is 4.79 Å². The van der Waals surface area contributed by atoms with E-state index in [4.69, 9.17) is 19.4 Å². The van der Waals surface area contributed by atoms with Gasteiger partial charge >= 0.3 is 0 Å². The number of nitrogens with one attached hydrogen (secondary N) is 2. The average molecular weight is 505 g/mol. The van der Waals surface area contributed by atoms with Crippen molar-refractivity contribution in [2.24, 2.45) is 11.8 Å². The van der Waals surface area contributed by atoms with Crippen LogP contribution in [0.3, 0.4) is 0 Å². The zero-order valence-electron chi connectivity index (χ0n) is 19.7. The van der Waals surface area contributed by atoms with Crippen LogP contribution >= 0.6 is 15.9 Å². The molecule has 2 saturated heterocycles. The van der Waals surface area contributed by atoms with Gasteiger partial charge in [-0.1, -0.05) is 27.7 Å². The Morgan fingerprint density at radius 2 is 1.77 bits per heavy atom. The predicted molar refractivity (Wildman–Crippen MR) is 129 cm³/mol. The summed E-state index contributed by atoms with van der Waals surface area (Å²) in [6, 6.07) is 1.91. The quantitative estimate of drug-likeness (QED) is 0.525. The van der Waals surface area contributed by atoms with Crippen molar-refractivity contribution in [2.45, 2.75) is 58.5 Å². The summed E-state index contributed by atoms with van der Waals surface area (Å²) in [5.41, 5.74) is 0.720. The van der Waals surface area contributed by atoms with Gasteiger partial charge < -0.3 is 29.7 Å². The maximum Gasteiger partial charge on any atom is 0.251 e. The van der Waals surface area contributed by atoms with Crippen molar-refractivity contribution in [1.29, 1.82) is 0 Å². The Labute approximate surface area is 195 Å². The van der Waals surface area contributed by atoms with Crippen LogP contribution in [-0.4, -0.2) is 62.5 Å². The molecule has 2 aliphatic rings. The second-order valence-corrected chi connectivity index (χ2v) is 9.09. The standard InChI is InChI=1S/C17H26BrNO3.C4H9N.CH4O.CH2O/c1-11(2)17(9-21-10-17)22-6-5-12(3)13(4)15-7-14(18)8-19-16(15)20;1-2-4-5-3-1;2*1-2/h7-8,11-13H,5-6,9-10H2,1-4H3,(H,19,20);5H,1-4H2;2H,1H3;1H2. The van der Waals surface area contributed by atoms with Gasteiger partial charge in [0.05, 0.1) is 13.2 Å². The average Bonchev–Trinajstić information content (AvgIpc) is 3.34. The number of aliphatic hydroxyl groups is 1. The van der Waals surface area contributed by atoms with Crippen LogP contribution in [0.1, 0.15) is 58.4 Å². The molecule has 2 fully saturated rings. The lowest BCUT2D eigenvalue weighted by molar-refractivity contribution is -0.231. The third kappa shape index (κ3) is 9.95. The van der Waals surface area contributed by atoms with Gasteiger partial charge in [-0.05, 0) is 72.1 Å². The molecule has 0 aliphatic carbocycles. The molecule has 8 heteroatoms. The van der Waals surface area contributed by atoms with E-state index in [1.807, 2.05) is 12.9 Å². The Bertz CT molecular complexity index is 637. The molecule has 0 saturated carbocycles. The van der Waals surface area contributed by atoms with Crippen molar-refractivity contribution in [2.75, 3.05) is 40.0 Å². The molecule has 0 aromatic carbocycles. The van der Waals surface area contributed by atoms with Crippen LogP contribution in [-0.2, 0) is 14.3 Å². The van der Waals surface area contributed by atoms with Crippen molar-refractivity contribution in [3.8, 4) is 0 Å². The van der Waals surface area contributed by atoms with E-state index in [2.05, 4.69) is 53.9 Å². The number of carbonyl (C=O) groups excluding carboxylic acids is 1. The van der Waals surface area contributed by atoms with E-state index in [1.165, 1.54) is 25.9 Å². The summed E-state index contributed by atoms with van der Waals surface area (Å²) >= 11 is 3.42. The normalized spacial score (nSPS) is 18.2. The molecular weight excluding hydrogens is 464 g/mol. The monoisotopic (exact) mass is 504 g/mol. The third-order valence-electron chi connectivity index (χ3n) is 5.91. The number of carbonyl (C=O) groups is 1. The summed E-state index contributed by atoms with van der Waals surface area (Å²) < 4.78 is 12.3. The van der Waals surface area contributed by atoms with E-state index in [0.717, 1.165) is 23.6 Å². The first kappa shape index (κ1) is 29.9. The van der Waals surface area contributed by atoms with Crippen molar-refractivity contribution in [1.82, 2.24) is 10.3 Å². The first-order chi connectivity index (χ1) is 14.9. The van der Waals surface area contributed by atoms with Crippen LogP contribution in [0, 0.1) is 11.8 Å². The predicted octanol–water partition coefficient (Wildman–Crippen LogP) is 3.50. The fourth-order valence-electron chi connectivity index (χ4n) is 3.33. The fraction of sp³-hybridized carbons (Fsp3) is 0.739. The molecule has 2 unspecified atom stereocenters. The van der Waals surface area contributed by atoms with E-state index in [0.29, 0.717) is 31.7 Å². The molecule has 0 radical (unpaired) electrons. The van der Waals surface area contributed by atoms with Gasteiger partial charge in [0, 0.05) is 29.9 Å². The number of hydrogen-bond donors (Lipinski definition) is 3. The van der Waals surface area contributed by atoms with Crippen LogP contribution in [0.5, 0.6) is 0 Å². The zero-order chi connectivity index (χ0) is 23.9. The molecule has 0 spiro atoms. The molecule has 1 aromatic rings. The fourth-order valence-corrected chi connectivity index (χ4v) is 3.69. The lowest BCUT2D eigenvalue weighted by Crippen LogP contribution is -2.56. The van der Waals surface area contributed by atoms with Crippen LogP contribution in [0.4, 0.5) is 0 Å². The van der Waals surface area contributed by atoms with Gasteiger partial charge in [0.1, 0.15) is 12.4 Å². The SMILES string of the molecule is C1CCNC1.C=O.CC(CCOC1(C(C)C)COC1)C(C)c1cc(Br)c[nH]c1=O.CO. The van der Waals surface area contributed by atoms with Gasteiger partial charge in [0.15, 0.2) is 0 Å². The van der Waals surface area contributed by atoms with E-state index in [1.54, 1.807) is 6.20 Å². The summed E-state index contributed by atoms with van der Waals surface area (Å²) in [5, 5.41) is 10.2. The lowest BCUT2D eigenvalue weighted by atomic mass is 9.86. The lowest BCUT2D eigenvalue weighted by Gasteiger charge is -2.44. The molecule has 2 atom stereocenters. The molecule has 180 valence electrons. The van der Waals surface area contributed by atoms with Crippen molar-refractivity contribution in [3.05, 3.63) is 32.7 Å². The molecule has 0 bridgehead atoms. The first-order valence-corrected chi connectivity index (χ1v) is 11.7. The van der Waals surface area contributed by atoms with E-state index in [-0.39, 0.29) is 17.1 Å². The Balaban J connectivity index is 0.000000845. The molecule has 3 N–H and O–H groups in total. The number of ether oxygens (including phenoxy) is 2. The molecule has 3 heterocycles. The molecular formula is C23H41BrN2O5. The summed E-state index contributed by atoms with van der Waals surface area (Å²) in [6.07, 6.45) is 5.39. The minimum atomic E-state index is -0.101. The Hall–Kier alpha value is -1.06. The van der Waals surface area contributed by atoms with Gasteiger partial charge in [0.25, 0.3) is 5.56 Å². The van der Waals surface area contributed by atoms with Crippen LogP contribution < -0.4 is 10.9 Å². The summed E-state index contributed by atoms with van der Waals surface area (Å²) in [7, 11) is 1.00. The van der Waals surface area contributed by atoms with Gasteiger partial charge in [-0.25, -0.2) is 0 Å². The molecule has 0 amide bonds. The van der Waals surface area contributed by atoms with Gasteiger partial charge in [-0.2, -0.15) is 0 Å². The minimum Gasteiger partial charge on any atom is -0.400 e. The van der Waals surface area contributed by atoms with Crippen LogP contribution in [0.2, 0.25) is 0 Å². The van der Waals surface area contributed by atoms with E-state index < -0.39 is 0 Å². The van der Waals surface area contributed by atoms with E-state index >= 15 is 0 Å². The summed E-state index contributed by atoms with van der Waals surface area (Å²) in [4.78, 5) is 22.7. The smallest absolute Gasteiger partial charge is 0.251 e. The number of H-pyrrole nitrogens is 1. The highest BCUT2D eigenvalue weighted by Crippen LogP contribution is 2.32. The molecule has 31 heavy (non-hydrogen) atoms. The second-order valence-electron chi connectivity index (χ2n) is 8.17. The summed E-state index contributed by atoms with van der Waals surface area (Å²) in [6.45, 7) is 15.2. The van der Waals surface area contributed by atoms with Crippen molar-refractivity contribution >= 4 is 22.7 Å². The Morgan fingerprint density at radius 1 is 1.19 bits per heavy atom. The molecule has 2 aliphatic heterocycles. The maximum atomic E-state index is 12.0. The highest BCUT2D eigenvalue weighted by atomic mass is 79.9. The van der Waals surface area contributed by atoms with Crippen LogP contribution in [0.25, 0.3) is 0 Å². The number of halogens is 1. The minimum absolute atomic E-state index is 0.00508. The van der Waals surface area contributed by atoms with Crippen LogP contribution in [0.15, 0.2) is 21.5 Å². The number of hydrogen-bond acceptors (Lipinski definition) is 6. The highest BCUT2D eigenvalue weighted by Gasteiger charge is 2.42. The number of aromatic nitrogens is 1. The van der Waals surface area contributed by atoms with Crippen molar-refractivity contribution < 1.29 is 19.4 Å². The largest absolute Gasteiger partial charge is 0.400 e. The number of rotatable bonds is 7. The van der Waals surface area contributed by atoms with Gasteiger partial charge in [-0.3, -0.25) is 4.79 Å². The Morgan fingerprint density at radius 3 is 2.19 bits per heavy atom. The Kier molecular flexibility index (Phi) is 16.0. The van der Waals surface area contributed by atoms with Crippen molar-refractivity contribution in [3.63, 3.8) is 0 Å². The first-order valence-electron chi connectivity index (χ1n) is 10.9. The van der Waals surface area contributed by atoms with Gasteiger partial charge in [-0.15, -0.1) is 0 Å². The maximum absolute atomic E-state index is 12.0. The third-order valence-corrected chi connectivity index (χ3v) is 6.36. The number of pyridine rings is 1. The van der Waals surface area contributed by atoms with Gasteiger partial charge in [0.2, 0.25) is 0 Å². The second kappa shape index (κ2) is 16.6. The summed E-state index contributed by atoms with van der Waals surface area (Å²) in [5.74, 6) is 1.03. The molecule has 7 nitrogen and oxygen atoms in total. The molecule has 1 aromatic heterocycles.